The van der Waals surface area contributed by atoms with Crippen molar-refractivity contribution in [2.24, 2.45) is 11.7 Å². The third-order valence-electron chi connectivity index (χ3n) is 4.32. The summed E-state index contributed by atoms with van der Waals surface area (Å²) < 4.78 is 0. The summed E-state index contributed by atoms with van der Waals surface area (Å²) in [4.78, 5) is 0. The Kier molecular flexibility index (Phi) is 4.22. The molecule has 1 fully saturated rings. The standard InChI is InChI=1S/C16H25N/c1-12-7-9-15(11-13(12)2)16(17)10-8-14-5-3-4-6-14/h7,9,11,14,16H,3-6,8,10,17H2,1-2H3. The van der Waals surface area contributed by atoms with Crippen molar-refractivity contribution in [3.8, 4) is 0 Å². The first-order valence-electron chi connectivity index (χ1n) is 6.99. The summed E-state index contributed by atoms with van der Waals surface area (Å²) in [7, 11) is 0. The smallest absolute Gasteiger partial charge is 0.0295 e. The predicted molar refractivity (Wildman–Crippen MR) is 74.0 cm³/mol. The average Bonchev–Trinajstić information content (AvgIpc) is 2.82. The molecule has 94 valence electrons. The van der Waals surface area contributed by atoms with Crippen molar-refractivity contribution >= 4 is 0 Å². The molecular weight excluding hydrogens is 206 g/mol. The van der Waals surface area contributed by atoms with E-state index in [1.165, 1.54) is 48.8 Å². The third-order valence-corrected chi connectivity index (χ3v) is 4.32. The number of nitrogens with two attached hydrogens (primary N) is 1. The quantitative estimate of drug-likeness (QED) is 0.822. The SMILES string of the molecule is Cc1ccc(C(N)CCC2CCCC2)cc1C. The topological polar surface area (TPSA) is 26.0 Å². The van der Waals surface area contributed by atoms with Gasteiger partial charge in [0.05, 0.1) is 0 Å². The normalized spacial score (nSPS) is 18.5. The molecule has 17 heavy (non-hydrogen) atoms. The highest BCUT2D eigenvalue weighted by molar-refractivity contribution is 5.31. The van der Waals surface area contributed by atoms with Gasteiger partial charge in [0.15, 0.2) is 0 Å². The lowest BCUT2D eigenvalue weighted by Crippen LogP contribution is -2.12. The first kappa shape index (κ1) is 12.6. The summed E-state index contributed by atoms with van der Waals surface area (Å²) in [5.74, 6) is 0.951. The lowest BCUT2D eigenvalue weighted by atomic mass is 9.94. The van der Waals surface area contributed by atoms with E-state index in [1.54, 1.807) is 0 Å². The van der Waals surface area contributed by atoms with E-state index in [2.05, 4.69) is 32.0 Å². The molecule has 1 atom stereocenters. The highest BCUT2D eigenvalue weighted by Crippen LogP contribution is 2.31. The van der Waals surface area contributed by atoms with Crippen LogP contribution in [-0.2, 0) is 0 Å². The zero-order valence-electron chi connectivity index (χ0n) is 11.2. The van der Waals surface area contributed by atoms with Crippen molar-refractivity contribution in [2.45, 2.75) is 58.4 Å². The minimum atomic E-state index is 0.231. The van der Waals surface area contributed by atoms with Gasteiger partial charge in [-0.1, -0.05) is 43.9 Å². The van der Waals surface area contributed by atoms with Crippen LogP contribution in [-0.4, -0.2) is 0 Å². The lowest BCUT2D eigenvalue weighted by molar-refractivity contribution is 0.454. The van der Waals surface area contributed by atoms with Gasteiger partial charge in [-0.05, 0) is 49.3 Å². The molecule has 0 spiro atoms. The van der Waals surface area contributed by atoms with Crippen LogP contribution in [0.25, 0.3) is 0 Å². The fourth-order valence-electron chi connectivity index (χ4n) is 2.88. The van der Waals surface area contributed by atoms with E-state index in [0.29, 0.717) is 0 Å². The van der Waals surface area contributed by atoms with E-state index in [1.807, 2.05) is 0 Å². The van der Waals surface area contributed by atoms with Gasteiger partial charge in [0.25, 0.3) is 0 Å². The predicted octanol–water partition coefficient (Wildman–Crippen LogP) is 4.27. The van der Waals surface area contributed by atoms with Gasteiger partial charge in [0, 0.05) is 6.04 Å². The van der Waals surface area contributed by atoms with E-state index in [-0.39, 0.29) is 6.04 Å². The van der Waals surface area contributed by atoms with E-state index >= 15 is 0 Å². The first-order valence-corrected chi connectivity index (χ1v) is 6.99. The second-order valence-corrected chi connectivity index (χ2v) is 5.68. The molecule has 2 N–H and O–H groups in total. The summed E-state index contributed by atoms with van der Waals surface area (Å²) in [5, 5.41) is 0. The molecule has 0 amide bonds. The molecule has 1 nitrogen and oxygen atoms in total. The Hall–Kier alpha value is -0.820. The van der Waals surface area contributed by atoms with Gasteiger partial charge >= 0.3 is 0 Å². The Labute approximate surface area is 105 Å². The monoisotopic (exact) mass is 231 g/mol. The molecule has 1 aliphatic rings. The van der Waals surface area contributed by atoms with Gasteiger partial charge in [-0.25, -0.2) is 0 Å². The van der Waals surface area contributed by atoms with Crippen LogP contribution in [0, 0.1) is 19.8 Å². The van der Waals surface area contributed by atoms with Gasteiger partial charge in [-0.2, -0.15) is 0 Å². The fourth-order valence-corrected chi connectivity index (χ4v) is 2.88. The van der Waals surface area contributed by atoms with E-state index in [9.17, 15) is 0 Å². The molecule has 1 heteroatoms. The van der Waals surface area contributed by atoms with Crippen molar-refractivity contribution in [2.75, 3.05) is 0 Å². The number of hydrogen-bond acceptors (Lipinski definition) is 1. The summed E-state index contributed by atoms with van der Waals surface area (Å²) in [6, 6.07) is 6.88. The molecule has 1 saturated carbocycles. The number of rotatable bonds is 4. The van der Waals surface area contributed by atoms with Crippen molar-refractivity contribution in [3.05, 3.63) is 34.9 Å². The molecule has 1 aliphatic carbocycles. The molecule has 0 bridgehead atoms. The van der Waals surface area contributed by atoms with Crippen molar-refractivity contribution in [1.82, 2.24) is 0 Å². The second kappa shape index (κ2) is 5.68. The minimum absolute atomic E-state index is 0.231. The number of benzene rings is 1. The van der Waals surface area contributed by atoms with Gasteiger partial charge in [-0.3, -0.25) is 0 Å². The molecule has 1 aromatic carbocycles. The second-order valence-electron chi connectivity index (χ2n) is 5.68. The molecule has 0 radical (unpaired) electrons. The Morgan fingerprint density at radius 2 is 1.88 bits per heavy atom. The van der Waals surface area contributed by atoms with E-state index < -0.39 is 0 Å². The van der Waals surface area contributed by atoms with Crippen LogP contribution in [0.3, 0.4) is 0 Å². The zero-order chi connectivity index (χ0) is 12.3. The van der Waals surface area contributed by atoms with Crippen LogP contribution in [0.1, 0.15) is 61.3 Å². The summed E-state index contributed by atoms with van der Waals surface area (Å²) in [6.07, 6.45) is 8.19. The number of aryl methyl sites for hydroxylation is 2. The minimum Gasteiger partial charge on any atom is -0.324 e. The Balaban J connectivity index is 1.89. The molecule has 0 heterocycles. The Morgan fingerprint density at radius 1 is 1.18 bits per heavy atom. The zero-order valence-corrected chi connectivity index (χ0v) is 11.2. The molecule has 1 unspecified atom stereocenters. The van der Waals surface area contributed by atoms with Crippen molar-refractivity contribution in [1.29, 1.82) is 0 Å². The fraction of sp³-hybridized carbons (Fsp3) is 0.625. The maximum absolute atomic E-state index is 6.29. The van der Waals surface area contributed by atoms with Gasteiger partial charge in [0.2, 0.25) is 0 Å². The molecular formula is C16H25N. The van der Waals surface area contributed by atoms with E-state index in [4.69, 9.17) is 5.73 Å². The summed E-state index contributed by atoms with van der Waals surface area (Å²) in [6.45, 7) is 4.33. The van der Waals surface area contributed by atoms with Crippen LogP contribution in [0.4, 0.5) is 0 Å². The molecule has 0 aliphatic heterocycles. The maximum atomic E-state index is 6.29. The van der Waals surface area contributed by atoms with Gasteiger partial charge < -0.3 is 5.73 Å². The van der Waals surface area contributed by atoms with Crippen LogP contribution >= 0.6 is 0 Å². The van der Waals surface area contributed by atoms with Crippen LogP contribution in [0.5, 0.6) is 0 Å². The summed E-state index contributed by atoms with van der Waals surface area (Å²) in [5.41, 5.74) is 10.3. The van der Waals surface area contributed by atoms with Gasteiger partial charge in [-0.15, -0.1) is 0 Å². The van der Waals surface area contributed by atoms with Crippen LogP contribution in [0.15, 0.2) is 18.2 Å². The molecule has 1 aromatic rings. The highest BCUT2D eigenvalue weighted by atomic mass is 14.6. The largest absolute Gasteiger partial charge is 0.324 e. The van der Waals surface area contributed by atoms with E-state index in [0.717, 1.165) is 12.3 Å². The lowest BCUT2D eigenvalue weighted by Gasteiger charge is -2.16. The highest BCUT2D eigenvalue weighted by Gasteiger charge is 2.16. The van der Waals surface area contributed by atoms with Crippen molar-refractivity contribution < 1.29 is 0 Å². The molecule has 0 aromatic heterocycles. The molecule has 0 saturated heterocycles. The van der Waals surface area contributed by atoms with Crippen LogP contribution in [0.2, 0.25) is 0 Å². The summed E-state index contributed by atoms with van der Waals surface area (Å²) >= 11 is 0. The van der Waals surface area contributed by atoms with Crippen LogP contribution < -0.4 is 5.73 Å². The Bertz CT molecular complexity index is 364. The van der Waals surface area contributed by atoms with Gasteiger partial charge in [0.1, 0.15) is 0 Å². The average molecular weight is 231 g/mol. The third kappa shape index (κ3) is 3.32. The Morgan fingerprint density at radius 3 is 2.53 bits per heavy atom. The molecule has 2 rings (SSSR count). The van der Waals surface area contributed by atoms with Crippen molar-refractivity contribution in [3.63, 3.8) is 0 Å². The maximum Gasteiger partial charge on any atom is 0.0295 e. The number of hydrogen-bond donors (Lipinski definition) is 1. The first-order chi connectivity index (χ1) is 8.16.